The lowest BCUT2D eigenvalue weighted by atomic mass is 10.1. The Kier molecular flexibility index (Phi) is 7.09. The molecule has 0 amide bonds. The Morgan fingerprint density at radius 1 is 1.30 bits per heavy atom. The van der Waals surface area contributed by atoms with Crippen molar-refractivity contribution in [1.29, 1.82) is 0 Å². The lowest BCUT2D eigenvalue weighted by Crippen LogP contribution is -2.37. The first kappa shape index (κ1) is 16.5. The second-order valence-electron chi connectivity index (χ2n) is 4.04. The second kappa shape index (κ2) is 8.59. The van der Waals surface area contributed by atoms with Gasteiger partial charge in [0.05, 0.1) is 18.6 Å². The van der Waals surface area contributed by atoms with Crippen LogP contribution in [0.5, 0.6) is 5.75 Å². The summed E-state index contributed by atoms with van der Waals surface area (Å²) in [5.41, 5.74) is 6.29. The van der Waals surface area contributed by atoms with Gasteiger partial charge in [0.2, 0.25) is 0 Å². The maximum absolute atomic E-state index is 11.3. The molecule has 0 aliphatic carbocycles. The van der Waals surface area contributed by atoms with E-state index in [1.54, 1.807) is 24.3 Å². The Morgan fingerprint density at radius 3 is 2.50 bits per heavy atom. The third kappa shape index (κ3) is 6.06. The minimum atomic E-state index is -1.05. The Hall–Kier alpha value is -1.55. The molecular formula is C12H18N2O6. The minimum Gasteiger partial charge on any atom is -0.425 e. The summed E-state index contributed by atoms with van der Waals surface area (Å²) in [5, 5.41) is 25.0. The van der Waals surface area contributed by atoms with Gasteiger partial charge in [0, 0.05) is 0 Å². The number of aryl methyl sites for hydroxylation is 1. The van der Waals surface area contributed by atoms with Crippen molar-refractivity contribution in [2.45, 2.75) is 18.9 Å². The van der Waals surface area contributed by atoms with Gasteiger partial charge in [-0.3, -0.25) is 15.3 Å². The average molecular weight is 286 g/mol. The summed E-state index contributed by atoms with van der Waals surface area (Å²) < 4.78 is 4.96. The molecule has 0 heterocycles. The van der Waals surface area contributed by atoms with Crippen molar-refractivity contribution < 1.29 is 29.9 Å². The highest BCUT2D eigenvalue weighted by Gasteiger charge is 2.14. The van der Waals surface area contributed by atoms with Gasteiger partial charge in [-0.1, -0.05) is 12.1 Å². The Balaban J connectivity index is 2.38. The molecule has 0 aromatic heterocycles. The van der Waals surface area contributed by atoms with Crippen molar-refractivity contribution in [2.75, 3.05) is 13.2 Å². The Labute approximate surface area is 115 Å². The Morgan fingerprint density at radius 2 is 1.95 bits per heavy atom. The van der Waals surface area contributed by atoms with Crippen LogP contribution in [0, 0.1) is 0 Å². The van der Waals surface area contributed by atoms with Gasteiger partial charge in [0.25, 0.3) is 0 Å². The molecule has 5 N–H and O–H groups in total. The summed E-state index contributed by atoms with van der Waals surface area (Å²) in [5.74, 6) is -0.351. The highest BCUT2D eigenvalue weighted by molar-refractivity contribution is 5.78. The number of aliphatic hydroxyl groups excluding tert-OH is 1. The van der Waals surface area contributed by atoms with E-state index in [1.807, 2.05) is 0 Å². The van der Waals surface area contributed by atoms with Crippen LogP contribution in [-0.2, 0) is 16.1 Å². The number of nitrogens with zero attached hydrogens (tertiary/aromatic N) is 1. The largest absolute Gasteiger partial charge is 0.425 e. The molecule has 0 radical (unpaired) electrons. The van der Waals surface area contributed by atoms with E-state index in [0.29, 0.717) is 18.6 Å². The molecule has 0 saturated heterocycles. The molecule has 0 aliphatic rings. The monoisotopic (exact) mass is 286 g/mol. The topological polar surface area (TPSA) is 125 Å². The minimum absolute atomic E-state index is 0.162. The quantitative estimate of drug-likeness (QED) is 0.225. The number of rotatable bonds is 8. The van der Waals surface area contributed by atoms with Gasteiger partial charge in [-0.25, -0.2) is 4.79 Å². The molecule has 8 nitrogen and oxygen atoms in total. The fraction of sp³-hybridized carbons (Fsp3) is 0.417. The van der Waals surface area contributed by atoms with Gasteiger partial charge in [0.15, 0.2) is 0 Å². The molecule has 1 unspecified atom stereocenters. The van der Waals surface area contributed by atoms with Crippen LogP contribution in [0.3, 0.4) is 0 Å². The van der Waals surface area contributed by atoms with Crippen LogP contribution >= 0.6 is 0 Å². The van der Waals surface area contributed by atoms with Gasteiger partial charge in [-0.2, -0.15) is 0 Å². The third-order valence-corrected chi connectivity index (χ3v) is 2.46. The first-order valence-corrected chi connectivity index (χ1v) is 6.01. The maximum atomic E-state index is 11.3. The zero-order valence-corrected chi connectivity index (χ0v) is 10.8. The van der Waals surface area contributed by atoms with Crippen molar-refractivity contribution in [3.05, 3.63) is 29.8 Å². The van der Waals surface area contributed by atoms with Gasteiger partial charge in [-0.05, 0) is 30.5 Å². The number of ether oxygens (including phenoxy) is 1. The van der Waals surface area contributed by atoms with Crippen LogP contribution in [0.15, 0.2) is 24.3 Å². The van der Waals surface area contributed by atoms with Crippen LogP contribution in [-0.4, -0.2) is 46.1 Å². The summed E-state index contributed by atoms with van der Waals surface area (Å²) >= 11 is 0. The van der Waals surface area contributed by atoms with Crippen molar-refractivity contribution in [1.82, 2.24) is 5.39 Å². The zero-order chi connectivity index (χ0) is 15.0. The predicted octanol–water partition coefficient (Wildman–Crippen LogP) is -0.144. The number of carbonyl (C=O) groups excluding carboxylic acids is 1. The van der Waals surface area contributed by atoms with Crippen LogP contribution < -0.4 is 10.5 Å². The lowest BCUT2D eigenvalue weighted by molar-refractivity contribution is -0.492. The van der Waals surface area contributed by atoms with Crippen molar-refractivity contribution >= 4 is 5.97 Å². The summed E-state index contributed by atoms with van der Waals surface area (Å²) in [6.07, 6.45) is 1.25. The number of nitrogens with two attached hydrogens (primary N) is 1. The van der Waals surface area contributed by atoms with Crippen LogP contribution in [0.4, 0.5) is 0 Å². The summed E-state index contributed by atoms with van der Waals surface area (Å²) in [6, 6.07) is 5.71. The second-order valence-corrected chi connectivity index (χ2v) is 4.04. The maximum Gasteiger partial charge on any atom is 0.330 e. The zero-order valence-electron chi connectivity index (χ0n) is 10.8. The molecule has 1 aromatic carbocycles. The van der Waals surface area contributed by atoms with Gasteiger partial charge in [0.1, 0.15) is 11.8 Å². The van der Waals surface area contributed by atoms with E-state index >= 15 is 0 Å². The molecule has 0 aliphatic heterocycles. The SMILES string of the molecule is NC(CO)C(=O)Oc1ccc(CCCON(O)O)cc1. The molecule has 0 bridgehead atoms. The standard InChI is InChI=1S/C12H18N2O6/c13-11(8-15)12(16)20-10-5-3-9(4-6-10)2-1-7-19-14(17)18/h3-6,11,15,17-18H,1-2,7-8,13H2. The lowest BCUT2D eigenvalue weighted by Gasteiger charge is -2.09. The summed E-state index contributed by atoms with van der Waals surface area (Å²) in [6.45, 7) is -0.307. The molecule has 20 heavy (non-hydrogen) atoms. The Bertz CT molecular complexity index is 409. The normalized spacial score (nSPS) is 12.4. The highest BCUT2D eigenvalue weighted by atomic mass is 17.1. The van der Waals surface area contributed by atoms with E-state index in [0.717, 1.165) is 5.56 Å². The summed E-state index contributed by atoms with van der Waals surface area (Å²) in [7, 11) is 0. The predicted molar refractivity (Wildman–Crippen MR) is 66.8 cm³/mol. The molecule has 0 saturated carbocycles. The van der Waals surface area contributed by atoms with Crippen LogP contribution in [0.1, 0.15) is 12.0 Å². The molecule has 8 heteroatoms. The fourth-order valence-corrected chi connectivity index (χ4v) is 1.41. The fourth-order valence-electron chi connectivity index (χ4n) is 1.41. The molecule has 112 valence electrons. The van der Waals surface area contributed by atoms with Crippen molar-refractivity contribution in [3.8, 4) is 5.75 Å². The molecule has 0 fully saturated rings. The molecule has 0 spiro atoms. The van der Waals surface area contributed by atoms with Crippen molar-refractivity contribution in [2.24, 2.45) is 5.73 Å². The molecule has 1 atom stereocenters. The molecule has 1 rings (SSSR count). The van der Waals surface area contributed by atoms with E-state index in [9.17, 15) is 4.79 Å². The number of esters is 1. The van der Waals surface area contributed by atoms with E-state index in [4.69, 9.17) is 26.0 Å². The number of benzene rings is 1. The number of hydrogen-bond donors (Lipinski definition) is 4. The van der Waals surface area contributed by atoms with Crippen LogP contribution in [0.2, 0.25) is 0 Å². The smallest absolute Gasteiger partial charge is 0.330 e. The number of aliphatic hydroxyl groups is 1. The van der Waals surface area contributed by atoms with Crippen LogP contribution in [0.25, 0.3) is 0 Å². The summed E-state index contributed by atoms with van der Waals surface area (Å²) in [4.78, 5) is 15.7. The van der Waals surface area contributed by atoms with Gasteiger partial charge < -0.3 is 15.6 Å². The number of hydrogen-bond acceptors (Lipinski definition) is 8. The first-order valence-electron chi connectivity index (χ1n) is 6.01. The van der Waals surface area contributed by atoms with Gasteiger partial charge in [-0.15, -0.1) is 0 Å². The molecule has 1 aromatic rings. The van der Waals surface area contributed by atoms with E-state index < -0.39 is 18.6 Å². The highest BCUT2D eigenvalue weighted by Crippen LogP contribution is 2.14. The first-order chi connectivity index (χ1) is 9.52. The number of carbonyl (C=O) groups is 1. The molecular weight excluding hydrogens is 268 g/mol. The third-order valence-electron chi connectivity index (χ3n) is 2.46. The van der Waals surface area contributed by atoms with Gasteiger partial charge >= 0.3 is 5.97 Å². The van der Waals surface area contributed by atoms with Crippen molar-refractivity contribution in [3.63, 3.8) is 0 Å². The average Bonchev–Trinajstić information content (AvgIpc) is 2.44. The van der Waals surface area contributed by atoms with E-state index in [1.165, 1.54) is 0 Å². The van der Waals surface area contributed by atoms with E-state index in [2.05, 4.69) is 4.84 Å². The van der Waals surface area contributed by atoms with E-state index in [-0.39, 0.29) is 12.0 Å².